The first-order valence-electron chi connectivity index (χ1n) is 10.8. The number of carbonyl (C=O) groups excluding carboxylic acids is 1. The molecule has 0 saturated carbocycles. The summed E-state index contributed by atoms with van der Waals surface area (Å²) in [4.78, 5) is 37.2. The zero-order valence-electron chi connectivity index (χ0n) is 18.6. The van der Waals surface area contributed by atoms with Gasteiger partial charge in [0.15, 0.2) is 5.82 Å². The molecule has 1 aliphatic rings. The molecule has 3 aromatic rings. The Labute approximate surface area is 187 Å². The van der Waals surface area contributed by atoms with E-state index in [2.05, 4.69) is 25.3 Å². The number of carbonyl (C=O) groups is 1. The van der Waals surface area contributed by atoms with Gasteiger partial charge in [0, 0.05) is 48.2 Å². The molecule has 4 heterocycles. The monoisotopic (exact) mass is 429 g/mol. The molecule has 1 saturated heterocycles. The first kappa shape index (κ1) is 21.5. The van der Waals surface area contributed by atoms with Gasteiger partial charge < -0.3 is 10.2 Å². The number of hydrogen-bond acceptors (Lipinski definition) is 7. The number of anilines is 2. The molecule has 1 aliphatic heterocycles. The Balaban J connectivity index is 1.57. The number of aromatic nitrogens is 5. The van der Waals surface area contributed by atoms with Gasteiger partial charge in [-0.1, -0.05) is 6.07 Å². The van der Waals surface area contributed by atoms with Gasteiger partial charge in [0.2, 0.25) is 11.9 Å². The van der Waals surface area contributed by atoms with Crippen LogP contribution >= 0.6 is 0 Å². The summed E-state index contributed by atoms with van der Waals surface area (Å²) in [6.45, 7) is 6.47. The van der Waals surface area contributed by atoms with Crippen molar-refractivity contribution >= 4 is 23.7 Å². The van der Waals surface area contributed by atoms with Crippen molar-refractivity contribution in [3.05, 3.63) is 71.2 Å². The molecule has 8 nitrogen and oxygen atoms in total. The highest BCUT2D eigenvalue weighted by atomic mass is 16.2. The third kappa shape index (κ3) is 5.32. The van der Waals surface area contributed by atoms with Crippen LogP contribution in [0.2, 0.25) is 0 Å². The van der Waals surface area contributed by atoms with Crippen molar-refractivity contribution in [1.82, 2.24) is 29.8 Å². The van der Waals surface area contributed by atoms with E-state index < -0.39 is 0 Å². The van der Waals surface area contributed by atoms with Gasteiger partial charge >= 0.3 is 0 Å². The molecular weight excluding hydrogens is 402 g/mol. The van der Waals surface area contributed by atoms with Crippen LogP contribution in [0.1, 0.15) is 53.8 Å². The number of hydrogen-bond donors (Lipinski definition) is 1. The highest BCUT2D eigenvalue weighted by Gasteiger charge is 2.29. The summed E-state index contributed by atoms with van der Waals surface area (Å²) < 4.78 is 0. The Bertz CT molecular complexity index is 1110. The second-order valence-electron chi connectivity index (χ2n) is 8.01. The number of likely N-dealkylation sites (tertiary alicyclic amines) is 1. The van der Waals surface area contributed by atoms with Crippen molar-refractivity contribution in [2.45, 2.75) is 46.1 Å². The van der Waals surface area contributed by atoms with E-state index in [0.717, 1.165) is 41.9 Å². The normalized spacial score (nSPS) is 16.3. The van der Waals surface area contributed by atoms with Gasteiger partial charge in [-0.25, -0.2) is 19.9 Å². The molecule has 3 aromatic heterocycles. The topological polar surface area (TPSA) is 96.8 Å². The predicted molar refractivity (Wildman–Crippen MR) is 123 cm³/mol. The lowest BCUT2D eigenvalue weighted by Gasteiger charge is -2.34. The highest BCUT2D eigenvalue weighted by molar-refractivity contribution is 5.92. The van der Waals surface area contributed by atoms with Crippen molar-refractivity contribution in [2.24, 2.45) is 0 Å². The van der Waals surface area contributed by atoms with Gasteiger partial charge in [-0.3, -0.25) is 9.78 Å². The van der Waals surface area contributed by atoms with E-state index in [4.69, 9.17) is 4.98 Å². The number of pyridine rings is 1. The second-order valence-corrected chi connectivity index (χ2v) is 8.01. The molecule has 0 bridgehead atoms. The van der Waals surface area contributed by atoms with Crippen molar-refractivity contribution in [3.8, 4) is 0 Å². The molecule has 0 radical (unpaired) electrons. The van der Waals surface area contributed by atoms with Crippen LogP contribution in [0.4, 0.5) is 11.8 Å². The van der Waals surface area contributed by atoms with Crippen LogP contribution in [-0.2, 0) is 4.79 Å². The minimum absolute atomic E-state index is 0.0455. The molecule has 0 aromatic carbocycles. The summed E-state index contributed by atoms with van der Waals surface area (Å²) in [5.74, 6) is 1.72. The maximum absolute atomic E-state index is 13.0. The lowest BCUT2D eigenvalue weighted by molar-refractivity contribution is -0.129. The maximum atomic E-state index is 13.0. The molecule has 8 heteroatoms. The first-order valence-corrected chi connectivity index (χ1v) is 10.8. The molecule has 0 aliphatic carbocycles. The predicted octanol–water partition coefficient (Wildman–Crippen LogP) is 4.10. The van der Waals surface area contributed by atoms with Gasteiger partial charge in [0.1, 0.15) is 5.82 Å². The average Bonchev–Trinajstić information content (AvgIpc) is 2.77. The van der Waals surface area contributed by atoms with E-state index >= 15 is 0 Å². The van der Waals surface area contributed by atoms with E-state index in [1.165, 1.54) is 0 Å². The highest BCUT2D eigenvalue weighted by Crippen LogP contribution is 2.30. The van der Waals surface area contributed by atoms with E-state index in [1.807, 2.05) is 49.9 Å². The van der Waals surface area contributed by atoms with E-state index in [1.54, 1.807) is 24.5 Å². The largest absolute Gasteiger partial charge is 0.329 e. The fraction of sp³-hybridized carbons (Fsp3) is 0.333. The molecule has 1 amide bonds. The zero-order chi connectivity index (χ0) is 22.5. The summed E-state index contributed by atoms with van der Waals surface area (Å²) in [6.07, 6.45) is 9.67. The van der Waals surface area contributed by atoms with Gasteiger partial charge in [-0.15, -0.1) is 0 Å². The van der Waals surface area contributed by atoms with Crippen LogP contribution in [0.15, 0.2) is 42.7 Å². The van der Waals surface area contributed by atoms with E-state index in [-0.39, 0.29) is 11.9 Å². The van der Waals surface area contributed by atoms with Gasteiger partial charge in [-0.05, 0) is 63.8 Å². The SMILES string of the molecule is Cc1cc(C)nc(Nc2cc(C)nc([C@@H]3CCCCN3C(=O)/C=C/c3cccnc3)n2)n1. The molecule has 1 fully saturated rings. The van der Waals surface area contributed by atoms with E-state index in [0.29, 0.717) is 24.1 Å². The summed E-state index contributed by atoms with van der Waals surface area (Å²) in [6, 6.07) is 7.38. The smallest absolute Gasteiger partial charge is 0.247 e. The number of rotatable bonds is 5. The number of piperidine rings is 1. The van der Waals surface area contributed by atoms with Crippen LogP contribution < -0.4 is 5.32 Å². The summed E-state index contributed by atoms with van der Waals surface area (Å²) in [5, 5.41) is 3.20. The zero-order valence-corrected chi connectivity index (χ0v) is 18.6. The molecule has 0 unspecified atom stereocenters. The Morgan fingerprint density at radius 1 is 1.06 bits per heavy atom. The molecule has 1 atom stereocenters. The number of amides is 1. The van der Waals surface area contributed by atoms with Crippen molar-refractivity contribution in [1.29, 1.82) is 0 Å². The van der Waals surface area contributed by atoms with Crippen molar-refractivity contribution < 1.29 is 4.79 Å². The van der Waals surface area contributed by atoms with Gasteiger partial charge in [-0.2, -0.15) is 0 Å². The van der Waals surface area contributed by atoms with Gasteiger partial charge in [0.25, 0.3) is 0 Å². The molecule has 0 spiro atoms. The Morgan fingerprint density at radius 2 is 1.84 bits per heavy atom. The van der Waals surface area contributed by atoms with Crippen molar-refractivity contribution in [3.63, 3.8) is 0 Å². The molecule has 32 heavy (non-hydrogen) atoms. The fourth-order valence-electron chi connectivity index (χ4n) is 3.90. The molecule has 4 rings (SSSR count). The van der Waals surface area contributed by atoms with Crippen LogP contribution in [-0.4, -0.2) is 42.3 Å². The summed E-state index contributed by atoms with van der Waals surface area (Å²) in [7, 11) is 0. The number of nitrogens with zero attached hydrogens (tertiary/aromatic N) is 6. The van der Waals surface area contributed by atoms with Crippen LogP contribution in [0, 0.1) is 20.8 Å². The fourth-order valence-corrected chi connectivity index (χ4v) is 3.90. The average molecular weight is 430 g/mol. The third-order valence-corrected chi connectivity index (χ3v) is 5.28. The molecular formula is C24H27N7O. The van der Waals surface area contributed by atoms with Gasteiger partial charge in [0.05, 0.1) is 6.04 Å². The quantitative estimate of drug-likeness (QED) is 0.610. The lowest BCUT2D eigenvalue weighted by Crippen LogP contribution is -2.38. The summed E-state index contributed by atoms with van der Waals surface area (Å²) in [5.41, 5.74) is 3.48. The molecule has 164 valence electrons. The Morgan fingerprint density at radius 3 is 2.59 bits per heavy atom. The third-order valence-electron chi connectivity index (χ3n) is 5.28. The van der Waals surface area contributed by atoms with Crippen molar-refractivity contribution in [2.75, 3.05) is 11.9 Å². The number of nitrogens with one attached hydrogen (secondary N) is 1. The minimum atomic E-state index is -0.171. The maximum Gasteiger partial charge on any atom is 0.247 e. The molecule has 1 N–H and O–H groups in total. The Kier molecular flexibility index (Phi) is 6.49. The lowest BCUT2D eigenvalue weighted by atomic mass is 10.0. The standard InChI is InChI=1S/C24H27N7O/c1-16-13-17(2)28-24(27-16)30-21-14-18(3)26-23(29-21)20-8-4-5-12-31(20)22(32)10-9-19-7-6-11-25-15-19/h6-7,9-11,13-15,20H,4-5,8,12H2,1-3H3,(H,26,27,28,29,30)/b10-9+/t20-/m0/s1. The van der Waals surface area contributed by atoms with Crippen LogP contribution in [0.3, 0.4) is 0 Å². The van der Waals surface area contributed by atoms with Crippen LogP contribution in [0.25, 0.3) is 6.08 Å². The van der Waals surface area contributed by atoms with Crippen LogP contribution in [0.5, 0.6) is 0 Å². The first-order chi connectivity index (χ1) is 15.5. The Hall–Kier alpha value is -3.68. The second kappa shape index (κ2) is 9.64. The number of aryl methyl sites for hydroxylation is 3. The summed E-state index contributed by atoms with van der Waals surface area (Å²) >= 11 is 0. The minimum Gasteiger partial charge on any atom is -0.329 e. The van der Waals surface area contributed by atoms with E-state index in [9.17, 15) is 4.79 Å².